The molecule has 30 heavy (non-hydrogen) atoms. The van der Waals surface area contributed by atoms with Gasteiger partial charge in [-0.2, -0.15) is 0 Å². The van der Waals surface area contributed by atoms with Gasteiger partial charge in [0.05, 0.1) is 0 Å². The summed E-state index contributed by atoms with van der Waals surface area (Å²) in [5, 5.41) is 0. The van der Waals surface area contributed by atoms with Gasteiger partial charge in [0.15, 0.2) is 11.5 Å². The number of unbranched alkanes of at least 4 members (excludes halogenated alkanes) is 2. The van der Waals surface area contributed by atoms with E-state index in [0.29, 0.717) is 0 Å². The lowest BCUT2D eigenvalue weighted by Crippen LogP contribution is -1.84. The average molecular weight is 399 g/mol. The van der Waals surface area contributed by atoms with Gasteiger partial charge in [-0.15, -0.1) is 0 Å². The normalized spacial score (nSPS) is 11.1. The van der Waals surface area contributed by atoms with Crippen LogP contribution < -0.4 is 0 Å². The van der Waals surface area contributed by atoms with E-state index in [9.17, 15) is 0 Å². The van der Waals surface area contributed by atoms with Crippen molar-refractivity contribution in [3.8, 4) is 34.2 Å². The molecule has 0 atom stereocenters. The standard InChI is InChI=1S/C28H30O2/c1-3-5-7-21-9-13-23(14-10-21)25-17-19-27(29-25)28-20-18-26(30-28)24-15-11-22(12-16-24)8-6-4-2/h9-20H,3-8H2,1-2H3. The van der Waals surface area contributed by atoms with Crippen LogP contribution in [0.3, 0.4) is 0 Å². The highest BCUT2D eigenvalue weighted by atomic mass is 16.4. The molecular weight excluding hydrogens is 368 g/mol. The highest BCUT2D eigenvalue weighted by Crippen LogP contribution is 2.32. The molecule has 0 aliphatic heterocycles. The second-order valence-corrected chi connectivity index (χ2v) is 7.93. The number of hydrogen-bond donors (Lipinski definition) is 0. The first-order valence-electron chi connectivity index (χ1n) is 11.2. The highest BCUT2D eigenvalue weighted by molar-refractivity contribution is 5.65. The van der Waals surface area contributed by atoms with Crippen LogP contribution in [0.15, 0.2) is 81.6 Å². The van der Waals surface area contributed by atoms with Crippen molar-refractivity contribution in [2.24, 2.45) is 0 Å². The number of furan rings is 2. The maximum atomic E-state index is 6.10. The Morgan fingerprint density at radius 1 is 0.467 bits per heavy atom. The lowest BCUT2D eigenvalue weighted by molar-refractivity contribution is 0.539. The Hall–Kier alpha value is -3.00. The number of hydrogen-bond acceptors (Lipinski definition) is 2. The summed E-state index contributed by atoms with van der Waals surface area (Å²) in [5.41, 5.74) is 4.94. The third kappa shape index (κ3) is 4.76. The van der Waals surface area contributed by atoms with Crippen LogP contribution in [0.4, 0.5) is 0 Å². The predicted molar refractivity (Wildman–Crippen MR) is 125 cm³/mol. The van der Waals surface area contributed by atoms with Gasteiger partial charge in [-0.05, 0) is 61.1 Å². The third-order valence-electron chi connectivity index (χ3n) is 5.57. The molecule has 0 aliphatic rings. The van der Waals surface area contributed by atoms with Crippen LogP contribution in [0.25, 0.3) is 34.2 Å². The van der Waals surface area contributed by atoms with Gasteiger partial charge in [0.1, 0.15) is 11.5 Å². The maximum Gasteiger partial charge on any atom is 0.170 e. The fourth-order valence-electron chi connectivity index (χ4n) is 3.68. The van der Waals surface area contributed by atoms with Crippen LogP contribution >= 0.6 is 0 Å². The molecule has 0 unspecified atom stereocenters. The summed E-state index contributed by atoms with van der Waals surface area (Å²) in [5.74, 6) is 3.24. The van der Waals surface area contributed by atoms with Crippen LogP contribution in [0.5, 0.6) is 0 Å². The molecule has 2 nitrogen and oxygen atoms in total. The molecular formula is C28H30O2. The molecule has 0 N–H and O–H groups in total. The highest BCUT2D eigenvalue weighted by Gasteiger charge is 2.12. The molecule has 0 radical (unpaired) electrons. The van der Waals surface area contributed by atoms with Gasteiger partial charge in [-0.25, -0.2) is 0 Å². The number of benzene rings is 2. The van der Waals surface area contributed by atoms with Gasteiger partial charge in [-0.1, -0.05) is 75.2 Å². The van der Waals surface area contributed by atoms with E-state index >= 15 is 0 Å². The Morgan fingerprint density at radius 2 is 0.833 bits per heavy atom. The summed E-state index contributed by atoms with van der Waals surface area (Å²) in [6.45, 7) is 4.45. The zero-order chi connectivity index (χ0) is 20.8. The minimum Gasteiger partial charge on any atom is -0.453 e. The Labute approximate surface area is 179 Å². The van der Waals surface area contributed by atoms with Gasteiger partial charge >= 0.3 is 0 Å². The van der Waals surface area contributed by atoms with Crippen LogP contribution in [-0.4, -0.2) is 0 Å². The Bertz CT molecular complexity index is 961. The van der Waals surface area contributed by atoms with Crippen LogP contribution in [-0.2, 0) is 12.8 Å². The quantitative estimate of drug-likeness (QED) is 0.282. The van der Waals surface area contributed by atoms with Crippen molar-refractivity contribution >= 4 is 0 Å². The van der Waals surface area contributed by atoms with Crippen LogP contribution in [0.1, 0.15) is 50.7 Å². The van der Waals surface area contributed by atoms with E-state index in [1.54, 1.807) is 0 Å². The van der Waals surface area contributed by atoms with Gasteiger partial charge in [0.25, 0.3) is 0 Å². The Morgan fingerprint density at radius 3 is 1.20 bits per heavy atom. The zero-order valence-corrected chi connectivity index (χ0v) is 18.0. The Balaban J connectivity index is 1.47. The van der Waals surface area contributed by atoms with Crippen LogP contribution in [0.2, 0.25) is 0 Å². The first-order valence-corrected chi connectivity index (χ1v) is 11.2. The molecule has 2 heteroatoms. The summed E-state index contributed by atoms with van der Waals surface area (Å²) in [4.78, 5) is 0. The molecule has 0 bridgehead atoms. The van der Waals surface area contributed by atoms with Crippen molar-refractivity contribution in [3.63, 3.8) is 0 Å². The molecule has 4 aromatic rings. The first-order chi connectivity index (χ1) is 14.8. The fourth-order valence-corrected chi connectivity index (χ4v) is 3.68. The smallest absolute Gasteiger partial charge is 0.170 e. The molecule has 4 rings (SSSR count). The molecule has 2 aromatic carbocycles. The summed E-state index contributed by atoms with van der Waals surface area (Å²) in [6.07, 6.45) is 7.16. The van der Waals surface area contributed by atoms with Gasteiger partial charge in [0, 0.05) is 11.1 Å². The van der Waals surface area contributed by atoms with Crippen molar-refractivity contribution in [3.05, 3.63) is 83.9 Å². The number of rotatable bonds is 9. The van der Waals surface area contributed by atoms with Crippen molar-refractivity contribution in [2.45, 2.75) is 52.4 Å². The minimum atomic E-state index is 0.755. The molecule has 154 valence electrons. The summed E-state index contributed by atoms with van der Waals surface area (Å²) in [7, 11) is 0. The first kappa shape index (κ1) is 20.3. The maximum absolute atomic E-state index is 6.10. The molecule has 0 amide bonds. The molecule has 0 fully saturated rings. The predicted octanol–water partition coefficient (Wildman–Crippen LogP) is 8.56. The van der Waals surface area contributed by atoms with Gasteiger partial charge in [0.2, 0.25) is 0 Å². The summed E-state index contributed by atoms with van der Waals surface area (Å²) in [6, 6.07) is 25.3. The third-order valence-corrected chi connectivity index (χ3v) is 5.57. The van der Waals surface area contributed by atoms with Crippen LogP contribution in [0, 0.1) is 0 Å². The monoisotopic (exact) mass is 398 g/mol. The van der Waals surface area contributed by atoms with E-state index in [1.165, 1.54) is 36.8 Å². The topological polar surface area (TPSA) is 26.3 Å². The molecule has 2 heterocycles. The van der Waals surface area contributed by atoms with E-state index in [2.05, 4.69) is 62.4 Å². The second kappa shape index (κ2) is 9.67. The second-order valence-electron chi connectivity index (χ2n) is 7.93. The summed E-state index contributed by atoms with van der Waals surface area (Å²) < 4.78 is 12.2. The van der Waals surface area contributed by atoms with Crippen molar-refractivity contribution in [2.75, 3.05) is 0 Å². The average Bonchev–Trinajstić information content (AvgIpc) is 3.47. The van der Waals surface area contributed by atoms with Crippen molar-refractivity contribution in [1.82, 2.24) is 0 Å². The van der Waals surface area contributed by atoms with Crippen molar-refractivity contribution < 1.29 is 8.83 Å². The van der Waals surface area contributed by atoms with Crippen molar-refractivity contribution in [1.29, 1.82) is 0 Å². The Kier molecular flexibility index (Phi) is 6.53. The summed E-state index contributed by atoms with van der Waals surface area (Å²) >= 11 is 0. The fraction of sp³-hybridized carbons (Fsp3) is 0.286. The molecule has 0 saturated heterocycles. The molecule has 0 aliphatic carbocycles. The molecule has 0 spiro atoms. The van der Waals surface area contributed by atoms with E-state index in [1.807, 2.05) is 24.3 Å². The largest absolute Gasteiger partial charge is 0.453 e. The SMILES string of the molecule is CCCCc1ccc(-c2ccc(-c3ccc(-c4ccc(CCCC)cc4)o3)o2)cc1. The zero-order valence-electron chi connectivity index (χ0n) is 18.0. The minimum absolute atomic E-state index is 0.755. The number of aryl methyl sites for hydroxylation is 2. The van der Waals surface area contributed by atoms with E-state index in [-0.39, 0.29) is 0 Å². The molecule has 0 saturated carbocycles. The lowest BCUT2D eigenvalue weighted by atomic mass is 10.1. The lowest BCUT2D eigenvalue weighted by Gasteiger charge is -2.02. The van der Waals surface area contributed by atoms with E-state index in [4.69, 9.17) is 8.83 Å². The van der Waals surface area contributed by atoms with Gasteiger partial charge in [-0.3, -0.25) is 0 Å². The molecule has 2 aromatic heterocycles. The van der Waals surface area contributed by atoms with E-state index in [0.717, 1.165) is 47.0 Å². The van der Waals surface area contributed by atoms with Gasteiger partial charge < -0.3 is 8.83 Å². The van der Waals surface area contributed by atoms with E-state index < -0.39 is 0 Å².